The molecule has 1 aliphatic rings. The Morgan fingerprint density at radius 1 is 0.897 bits per heavy atom. The second kappa shape index (κ2) is 9.87. The van der Waals surface area contributed by atoms with E-state index in [9.17, 15) is 18.0 Å². The highest BCUT2D eigenvalue weighted by molar-refractivity contribution is 5.71. The molecule has 0 atom stereocenters. The van der Waals surface area contributed by atoms with Gasteiger partial charge in [-0.1, -0.05) is 0 Å². The molecule has 8 nitrogen and oxygen atoms in total. The van der Waals surface area contributed by atoms with Crippen molar-refractivity contribution in [2.24, 2.45) is 0 Å². The summed E-state index contributed by atoms with van der Waals surface area (Å²) in [5.41, 5.74) is 2.84. The predicted molar refractivity (Wildman–Crippen MR) is 141 cm³/mol. The van der Waals surface area contributed by atoms with Crippen molar-refractivity contribution in [3.8, 4) is 22.4 Å². The van der Waals surface area contributed by atoms with Crippen LogP contribution in [0.5, 0.6) is 0 Å². The van der Waals surface area contributed by atoms with E-state index < -0.39 is 17.3 Å². The van der Waals surface area contributed by atoms with Crippen molar-refractivity contribution in [1.82, 2.24) is 24.3 Å². The van der Waals surface area contributed by atoms with E-state index in [4.69, 9.17) is 9.72 Å². The van der Waals surface area contributed by atoms with Crippen molar-refractivity contribution in [1.29, 1.82) is 0 Å². The smallest absolute Gasteiger partial charge is 0.417 e. The van der Waals surface area contributed by atoms with E-state index in [0.717, 1.165) is 34.9 Å². The van der Waals surface area contributed by atoms with E-state index in [2.05, 4.69) is 14.9 Å². The second-order valence-corrected chi connectivity index (χ2v) is 10.6. The monoisotopic (exact) mass is 538 g/mol. The maximum atomic E-state index is 13.2. The number of ether oxygens (including phenoxy) is 1. The van der Waals surface area contributed by atoms with E-state index in [1.165, 1.54) is 6.20 Å². The van der Waals surface area contributed by atoms with Crippen LogP contribution in [0.3, 0.4) is 0 Å². The zero-order chi connectivity index (χ0) is 27.9. The van der Waals surface area contributed by atoms with Gasteiger partial charge in [0.25, 0.3) is 0 Å². The Morgan fingerprint density at radius 3 is 2.31 bits per heavy atom. The number of carbonyl (C=O) groups is 1. The molecule has 11 heteroatoms. The van der Waals surface area contributed by atoms with Crippen LogP contribution in [-0.2, 0) is 10.9 Å². The first-order chi connectivity index (χ1) is 18.4. The van der Waals surface area contributed by atoms with Gasteiger partial charge in [0.2, 0.25) is 0 Å². The number of hydrogen-bond donors (Lipinski definition) is 0. The summed E-state index contributed by atoms with van der Waals surface area (Å²) >= 11 is 0. The molecule has 0 bridgehead atoms. The van der Waals surface area contributed by atoms with Gasteiger partial charge >= 0.3 is 12.3 Å². The number of fused-ring (bicyclic) bond motifs is 1. The molecule has 0 N–H and O–H groups in total. The van der Waals surface area contributed by atoms with Gasteiger partial charge in [0.05, 0.1) is 17.5 Å². The van der Waals surface area contributed by atoms with Crippen molar-refractivity contribution in [3.05, 3.63) is 66.4 Å². The van der Waals surface area contributed by atoms with E-state index in [-0.39, 0.29) is 6.09 Å². The summed E-state index contributed by atoms with van der Waals surface area (Å²) in [5.74, 6) is 0.840. The van der Waals surface area contributed by atoms with Crippen LogP contribution < -0.4 is 4.90 Å². The summed E-state index contributed by atoms with van der Waals surface area (Å²) in [6.07, 6.45) is 2.70. The molecule has 0 spiro atoms. The number of alkyl halides is 3. The number of aromatic nitrogens is 4. The topological polar surface area (TPSA) is 75.9 Å². The van der Waals surface area contributed by atoms with Gasteiger partial charge in [-0.15, -0.1) is 0 Å². The SMILES string of the molecule is Cc1cc(-c2cnc3ccc(-c4cncc(C(F)(F)F)c4)cn23)cnc1N1CCN(C(=O)OC(C)(C)C)CC1. The van der Waals surface area contributed by atoms with Crippen LogP contribution in [0.4, 0.5) is 23.8 Å². The molecular formula is C28H29F3N6O2. The molecule has 0 radical (unpaired) electrons. The van der Waals surface area contributed by atoms with Gasteiger partial charge in [0, 0.05) is 67.7 Å². The van der Waals surface area contributed by atoms with E-state index >= 15 is 0 Å². The number of hydrogen-bond acceptors (Lipinski definition) is 6. The highest BCUT2D eigenvalue weighted by Gasteiger charge is 2.31. The fourth-order valence-electron chi connectivity index (χ4n) is 4.58. The Hall–Kier alpha value is -4.15. The van der Waals surface area contributed by atoms with Gasteiger partial charge in [0.15, 0.2) is 0 Å². The third kappa shape index (κ3) is 5.67. The Bertz CT molecular complexity index is 1520. The number of rotatable bonds is 3. The molecule has 5 heterocycles. The third-order valence-electron chi connectivity index (χ3n) is 6.48. The molecule has 204 valence electrons. The number of pyridine rings is 3. The number of piperazine rings is 1. The maximum Gasteiger partial charge on any atom is 0.417 e. The highest BCUT2D eigenvalue weighted by Crippen LogP contribution is 2.32. The Balaban J connectivity index is 1.37. The number of nitrogens with zero attached hydrogens (tertiary/aromatic N) is 6. The van der Waals surface area contributed by atoms with Gasteiger partial charge in [-0.3, -0.25) is 9.38 Å². The normalized spacial score (nSPS) is 14.6. The maximum absolute atomic E-state index is 13.2. The molecule has 1 aliphatic heterocycles. The van der Waals surface area contributed by atoms with E-state index in [1.54, 1.807) is 35.6 Å². The molecule has 4 aromatic rings. The van der Waals surface area contributed by atoms with Gasteiger partial charge in [-0.2, -0.15) is 13.2 Å². The first-order valence-corrected chi connectivity index (χ1v) is 12.6. The molecule has 1 fully saturated rings. The van der Waals surface area contributed by atoms with Gasteiger partial charge in [-0.25, -0.2) is 14.8 Å². The van der Waals surface area contributed by atoms with Gasteiger partial charge in [-0.05, 0) is 57.5 Å². The van der Waals surface area contributed by atoms with Crippen LogP contribution in [-0.4, -0.2) is 62.1 Å². The lowest BCUT2D eigenvalue weighted by molar-refractivity contribution is -0.137. The van der Waals surface area contributed by atoms with Crippen LogP contribution in [0.25, 0.3) is 28.0 Å². The van der Waals surface area contributed by atoms with Gasteiger partial charge in [0.1, 0.15) is 17.1 Å². The summed E-state index contributed by atoms with van der Waals surface area (Å²) in [5, 5.41) is 0. The summed E-state index contributed by atoms with van der Waals surface area (Å²) in [6, 6.07) is 6.60. The van der Waals surface area contributed by atoms with Crippen LogP contribution >= 0.6 is 0 Å². The largest absolute Gasteiger partial charge is 0.444 e. The minimum absolute atomic E-state index is 0.310. The van der Waals surface area contributed by atoms with Crippen molar-refractivity contribution in [2.75, 3.05) is 31.1 Å². The Morgan fingerprint density at radius 2 is 1.64 bits per heavy atom. The van der Waals surface area contributed by atoms with Gasteiger partial charge < -0.3 is 14.5 Å². The van der Waals surface area contributed by atoms with Crippen molar-refractivity contribution < 1.29 is 22.7 Å². The van der Waals surface area contributed by atoms with Crippen LogP contribution in [0.2, 0.25) is 0 Å². The number of aryl methyl sites for hydroxylation is 1. The molecule has 39 heavy (non-hydrogen) atoms. The number of amides is 1. The van der Waals surface area contributed by atoms with E-state index in [0.29, 0.717) is 43.0 Å². The molecule has 0 unspecified atom stereocenters. The summed E-state index contributed by atoms with van der Waals surface area (Å²) in [4.78, 5) is 29.2. The standard InChI is InChI=1S/C28H29F3N6O2/c1-18-11-21(14-34-25(18)35-7-9-36(10-8-35)26(38)39-27(2,3)4)23-16-33-24-6-5-19(17-37(23)24)20-12-22(15-32-13-20)28(29,30)31/h5-6,11-17H,7-10H2,1-4H3. The lowest BCUT2D eigenvalue weighted by Gasteiger charge is -2.36. The third-order valence-corrected chi connectivity index (χ3v) is 6.48. The zero-order valence-corrected chi connectivity index (χ0v) is 22.2. The minimum Gasteiger partial charge on any atom is -0.444 e. The molecule has 5 rings (SSSR count). The molecule has 1 saturated heterocycles. The molecule has 0 aliphatic carbocycles. The summed E-state index contributed by atoms with van der Waals surface area (Å²) in [6.45, 7) is 9.88. The highest BCUT2D eigenvalue weighted by atomic mass is 19.4. The fourth-order valence-corrected chi connectivity index (χ4v) is 4.58. The van der Waals surface area contributed by atoms with Crippen molar-refractivity contribution in [2.45, 2.75) is 39.5 Å². The lowest BCUT2D eigenvalue weighted by atomic mass is 10.1. The Kier molecular flexibility index (Phi) is 6.69. The molecule has 0 aromatic carbocycles. The molecule has 1 amide bonds. The number of carbonyl (C=O) groups excluding carboxylic acids is 1. The first kappa shape index (κ1) is 26.5. The average Bonchev–Trinajstić information content (AvgIpc) is 3.31. The minimum atomic E-state index is -4.47. The van der Waals surface area contributed by atoms with Crippen LogP contribution in [0, 0.1) is 6.92 Å². The summed E-state index contributed by atoms with van der Waals surface area (Å²) < 4.78 is 46.9. The predicted octanol–water partition coefficient (Wildman–Crippen LogP) is 5.84. The molecule has 0 saturated carbocycles. The zero-order valence-electron chi connectivity index (χ0n) is 22.2. The van der Waals surface area contributed by atoms with Crippen molar-refractivity contribution in [3.63, 3.8) is 0 Å². The number of anilines is 1. The van der Waals surface area contributed by atoms with Crippen LogP contribution in [0.15, 0.2) is 55.2 Å². The lowest BCUT2D eigenvalue weighted by Crippen LogP contribution is -2.50. The fraction of sp³-hybridized carbons (Fsp3) is 0.357. The van der Waals surface area contributed by atoms with E-state index in [1.807, 2.05) is 38.2 Å². The van der Waals surface area contributed by atoms with Crippen molar-refractivity contribution >= 4 is 17.6 Å². The first-order valence-electron chi connectivity index (χ1n) is 12.6. The second-order valence-electron chi connectivity index (χ2n) is 10.6. The quantitative estimate of drug-likeness (QED) is 0.326. The Labute approximate surface area is 224 Å². The molecule has 4 aromatic heterocycles. The molecular weight excluding hydrogens is 509 g/mol. The number of imidazole rings is 1. The number of halogens is 3. The van der Waals surface area contributed by atoms with Crippen LogP contribution in [0.1, 0.15) is 31.9 Å². The average molecular weight is 539 g/mol. The summed E-state index contributed by atoms with van der Waals surface area (Å²) in [7, 11) is 0.